The molecule has 0 bridgehead atoms. The zero-order valence-electron chi connectivity index (χ0n) is 17.2. The van der Waals surface area contributed by atoms with E-state index in [0.29, 0.717) is 13.0 Å². The second-order valence-electron chi connectivity index (χ2n) is 8.78. The molecule has 0 aliphatic carbocycles. The molecule has 3 rings (SSSR count). The summed E-state index contributed by atoms with van der Waals surface area (Å²) in [7, 11) is -5.86. The van der Waals surface area contributed by atoms with Gasteiger partial charge in [0.15, 0.2) is 0 Å². The van der Waals surface area contributed by atoms with Crippen LogP contribution in [0.1, 0.15) is 34.1 Å². The third-order valence-corrected chi connectivity index (χ3v) is 12.2. The van der Waals surface area contributed by atoms with Gasteiger partial charge in [0.05, 0.1) is 12.4 Å². The van der Waals surface area contributed by atoms with E-state index in [9.17, 15) is 8.42 Å². The minimum absolute atomic E-state index is 0.119. The third kappa shape index (κ3) is 4.25. The van der Waals surface area contributed by atoms with Crippen LogP contribution in [0.2, 0.25) is 5.04 Å². The van der Waals surface area contributed by atoms with Gasteiger partial charge >= 0.3 is 0 Å². The Morgan fingerprint density at radius 2 is 1.50 bits per heavy atom. The molecule has 0 amide bonds. The SMILES string of the molecule is C[C@@H]1CCS(=O)(=O)N[C@H]1CO[Si](c1ccccc1)(c1ccccc1)C(C)(C)C. The highest BCUT2D eigenvalue weighted by Crippen LogP contribution is 2.37. The van der Waals surface area contributed by atoms with Crippen molar-refractivity contribution in [3.05, 3.63) is 60.7 Å². The quantitative estimate of drug-likeness (QED) is 0.761. The lowest BCUT2D eigenvalue weighted by Crippen LogP contribution is -2.67. The predicted octanol–water partition coefficient (Wildman–Crippen LogP) is 2.89. The van der Waals surface area contributed by atoms with Gasteiger partial charge in [0, 0.05) is 6.04 Å². The second-order valence-corrected chi connectivity index (χ2v) is 15.0. The molecule has 152 valence electrons. The van der Waals surface area contributed by atoms with Gasteiger partial charge in [-0.05, 0) is 27.8 Å². The average molecular weight is 418 g/mol. The number of nitrogens with one attached hydrogen (secondary N) is 1. The molecular weight excluding hydrogens is 386 g/mol. The van der Waals surface area contributed by atoms with E-state index >= 15 is 0 Å². The first-order valence-corrected chi connectivity index (χ1v) is 13.5. The largest absolute Gasteiger partial charge is 0.406 e. The fourth-order valence-corrected chi connectivity index (χ4v) is 10.3. The van der Waals surface area contributed by atoms with Gasteiger partial charge in [-0.25, -0.2) is 13.1 Å². The second kappa shape index (κ2) is 8.11. The first kappa shape index (κ1) is 21.2. The number of hydrogen-bond donors (Lipinski definition) is 1. The van der Waals surface area contributed by atoms with Gasteiger partial charge in [0.1, 0.15) is 0 Å². The Balaban J connectivity index is 2.04. The van der Waals surface area contributed by atoms with Crippen LogP contribution in [0.15, 0.2) is 60.7 Å². The Labute approximate surface area is 170 Å². The van der Waals surface area contributed by atoms with Crippen molar-refractivity contribution in [2.45, 2.75) is 45.2 Å². The van der Waals surface area contributed by atoms with Gasteiger partial charge in [-0.15, -0.1) is 0 Å². The summed E-state index contributed by atoms with van der Waals surface area (Å²) in [5.74, 6) is 0.450. The molecule has 0 unspecified atom stereocenters. The van der Waals surface area contributed by atoms with Crippen molar-refractivity contribution < 1.29 is 12.8 Å². The maximum absolute atomic E-state index is 12.1. The van der Waals surface area contributed by atoms with E-state index in [1.54, 1.807) is 0 Å². The predicted molar refractivity (Wildman–Crippen MR) is 118 cm³/mol. The van der Waals surface area contributed by atoms with Crippen LogP contribution in [0, 0.1) is 5.92 Å². The van der Waals surface area contributed by atoms with Crippen LogP contribution in [-0.4, -0.2) is 35.1 Å². The molecule has 6 heteroatoms. The minimum Gasteiger partial charge on any atom is -0.406 e. The number of benzene rings is 2. The fraction of sp³-hybridized carbons (Fsp3) is 0.455. The zero-order valence-corrected chi connectivity index (χ0v) is 19.0. The van der Waals surface area contributed by atoms with Crippen LogP contribution in [-0.2, 0) is 14.4 Å². The number of rotatable bonds is 5. The Morgan fingerprint density at radius 1 is 1.00 bits per heavy atom. The van der Waals surface area contributed by atoms with Crippen molar-refractivity contribution in [2.75, 3.05) is 12.4 Å². The summed E-state index contributed by atoms with van der Waals surface area (Å²) in [4.78, 5) is 0. The Kier molecular flexibility index (Phi) is 6.15. The molecule has 1 aliphatic rings. The maximum atomic E-state index is 12.1. The molecule has 1 N–H and O–H groups in total. The summed E-state index contributed by atoms with van der Waals surface area (Å²) in [5, 5.41) is 2.30. The molecule has 0 radical (unpaired) electrons. The third-order valence-electron chi connectivity index (χ3n) is 5.76. The molecule has 2 aromatic rings. The minimum atomic E-state index is -3.21. The summed E-state index contributed by atoms with van der Waals surface area (Å²) >= 11 is 0. The van der Waals surface area contributed by atoms with E-state index in [4.69, 9.17) is 4.43 Å². The Hall–Kier alpha value is -1.47. The van der Waals surface area contributed by atoms with E-state index < -0.39 is 18.3 Å². The molecule has 1 aliphatic heterocycles. The van der Waals surface area contributed by atoms with Crippen LogP contribution in [0.3, 0.4) is 0 Å². The summed E-state index contributed by atoms with van der Waals surface area (Å²) in [6.07, 6.45) is 0.671. The van der Waals surface area contributed by atoms with Crippen molar-refractivity contribution in [3.63, 3.8) is 0 Å². The van der Waals surface area contributed by atoms with Gasteiger partial charge in [-0.3, -0.25) is 0 Å². The highest BCUT2D eigenvalue weighted by atomic mass is 32.2. The Morgan fingerprint density at radius 3 is 1.96 bits per heavy atom. The zero-order chi connectivity index (χ0) is 20.4. The highest BCUT2D eigenvalue weighted by molar-refractivity contribution is 7.89. The maximum Gasteiger partial charge on any atom is 0.261 e. The first-order chi connectivity index (χ1) is 13.2. The molecule has 1 fully saturated rings. The summed E-state index contributed by atoms with van der Waals surface area (Å²) < 4.78 is 33.9. The van der Waals surface area contributed by atoms with E-state index in [0.717, 1.165) is 0 Å². The smallest absolute Gasteiger partial charge is 0.261 e. The lowest BCUT2D eigenvalue weighted by atomic mass is 10.0. The molecule has 4 nitrogen and oxygen atoms in total. The topological polar surface area (TPSA) is 55.4 Å². The van der Waals surface area contributed by atoms with Crippen LogP contribution in [0.4, 0.5) is 0 Å². The molecule has 28 heavy (non-hydrogen) atoms. The van der Waals surface area contributed by atoms with Gasteiger partial charge in [-0.1, -0.05) is 88.4 Å². The lowest BCUT2D eigenvalue weighted by molar-refractivity contribution is 0.221. The highest BCUT2D eigenvalue weighted by Gasteiger charge is 2.50. The van der Waals surface area contributed by atoms with Crippen LogP contribution >= 0.6 is 0 Å². The molecular formula is C22H31NO3SSi. The van der Waals surface area contributed by atoms with Crippen LogP contribution < -0.4 is 15.1 Å². The molecule has 2 atom stereocenters. The van der Waals surface area contributed by atoms with Crippen LogP contribution in [0.25, 0.3) is 0 Å². The molecule has 1 heterocycles. The van der Waals surface area contributed by atoms with E-state index in [1.165, 1.54) is 10.4 Å². The standard InChI is InChI=1S/C22H31NO3SSi/c1-18-15-16-27(24,25)23-21(18)17-26-28(22(2,3)4,19-11-7-5-8-12-19)20-13-9-6-10-14-20/h5-14,18,21,23H,15-17H2,1-4H3/t18-,21+/m1/s1. The number of sulfonamides is 1. The molecule has 0 saturated carbocycles. The van der Waals surface area contributed by atoms with E-state index in [2.05, 4.69) is 80.9 Å². The summed E-state index contributed by atoms with van der Waals surface area (Å²) in [6.45, 7) is 9.17. The number of hydrogen-bond acceptors (Lipinski definition) is 3. The monoisotopic (exact) mass is 417 g/mol. The Bertz CT molecular complexity index is 840. The average Bonchev–Trinajstić information content (AvgIpc) is 2.65. The van der Waals surface area contributed by atoms with Gasteiger partial charge < -0.3 is 4.43 Å². The lowest BCUT2D eigenvalue weighted by Gasteiger charge is -2.44. The van der Waals surface area contributed by atoms with Crippen molar-refractivity contribution in [3.8, 4) is 0 Å². The molecule has 1 saturated heterocycles. The van der Waals surface area contributed by atoms with Crippen LogP contribution in [0.5, 0.6) is 0 Å². The van der Waals surface area contributed by atoms with E-state index in [1.807, 2.05) is 12.1 Å². The van der Waals surface area contributed by atoms with Gasteiger partial charge in [0.25, 0.3) is 8.32 Å². The van der Waals surface area contributed by atoms with E-state index in [-0.39, 0.29) is 22.8 Å². The van der Waals surface area contributed by atoms with Crippen molar-refractivity contribution in [2.24, 2.45) is 5.92 Å². The molecule has 0 spiro atoms. The normalized spacial score (nSPS) is 22.7. The first-order valence-electron chi connectivity index (χ1n) is 9.91. The van der Waals surface area contributed by atoms with Gasteiger partial charge in [0.2, 0.25) is 10.0 Å². The van der Waals surface area contributed by atoms with Gasteiger partial charge in [-0.2, -0.15) is 0 Å². The fourth-order valence-electron chi connectivity index (χ4n) is 4.12. The molecule has 0 aromatic heterocycles. The molecule has 2 aromatic carbocycles. The summed E-state index contributed by atoms with van der Waals surface area (Å²) in [6, 6.07) is 20.7. The van der Waals surface area contributed by atoms with Crippen molar-refractivity contribution >= 4 is 28.7 Å². The van der Waals surface area contributed by atoms with Crippen molar-refractivity contribution in [1.29, 1.82) is 0 Å². The van der Waals surface area contributed by atoms with Crippen molar-refractivity contribution in [1.82, 2.24) is 4.72 Å². The summed E-state index contributed by atoms with van der Waals surface area (Å²) in [5.41, 5.74) is 0.